The summed E-state index contributed by atoms with van der Waals surface area (Å²) in [7, 11) is 0. The van der Waals surface area contributed by atoms with Crippen LogP contribution in [0.3, 0.4) is 0 Å². The number of rotatable bonds is 3. The van der Waals surface area contributed by atoms with Crippen molar-refractivity contribution in [1.82, 2.24) is 9.80 Å². The Balaban J connectivity index is 2.11. The van der Waals surface area contributed by atoms with Crippen LogP contribution in [0.4, 0.5) is 4.39 Å². The largest absolute Gasteiger partial charge is 0.340 e. The number of likely N-dealkylation sites (N-methyl/N-ethyl adjacent to an activating group) is 1. The third-order valence-corrected chi connectivity index (χ3v) is 3.24. The molecule has 1 aliphatic heterocycles. The summed E-state index contributed by atoms with van der Waals surface area (Å²) in [6.07, 6.45) is 0. The van der Waals surface area contributed by atoms with Crippen LogP contribution in [0.25, 0.3) is 0 Å². The number of amides is 1. The van der Waals surface area contributed by atoms with Gasteiger partial charge in [0.1, 0.15) is 5.82 Å². The zero-order valence-corrected chi connectivity index (χ0v) is 10.3. The molecule has 0 atom stereocenters. The predicted molar refractivity (Wildman–Crippen MR) is 66.8 cm³/mol. The molecular formula is C12H13FN2OS. The van der Waals surface area contributed by atoms with Crippen molar-refractivity contribution in [3.8, 4) is 0 Å². The maximum Gasteiger partial charge on any atom is 0.248 e. The lowest BCUT2D eigenvalue weighted by atomic mass is 10.2. The maximum atomic E-state index is 12.8. The molecule has 0 N–H and O–H groups in total. The Labute approximate surface area is 105 Å². The normalized spacial score (nSPS) is 15.9. The lowest BCUT2D eigenvalue weighted by Crippen LogP contribution is -2.32. The van der Waals surface area contributed by atoms with E-state index >= 15 is 0 Å². The van der Waals surface area contributed by atoms with Gasteiger partial charge in [-0.2, -0.15) is 0 Å². The van der Waals surface area contributed by atoms with Crippen molar-refractivity contribution in [3.05, 3.63) is 35.6 Å². The van der Waals surface area contributed by atoms with Gasteiger partial charge in [0.05, 0.1) is 13.1 Å². The molecule has 1 aromatic carbocycles. The maximum absolute atomic E-state index is 12.8. The van der Waals surface area contributed by atoms with Crippen LogP contribution in [0.5, 0.6) is 0 Å². The second kappa shape index (κ2) is 4.79. The van der Waals surface area contributed by atoms with E-state index in [9.17, 15) is 9.18 Å². The van der Waals surface area contributed by atoms with Gasteiger partial charge in [0.2, 0.25) is 5.91 Å². The smallest absolute Gasteiger partial charge is 0.248 e. The minimum Gasteiger partial charge on any atom is -0.340 e. The van der Waals surface area contributed by atoms with Gasteiger partial charge >= 0.3 is 0 Å². The van der Waals surface area contributed by atoms with Gasteiger partial charge in [-0.05, 0) is 36.8 Å². The summed E-state index contributed by atoms with van der Waals surface area (Å²) in [6.45, 7) is 3.44. The number of benzene rings is 1. The van der Waals surface area contributed by atoms with E-state index in [2.05, 4.69) is 0 Å². The van der Waals surface area contributed by atoms with Crippen molar-refractivity contribution in [2.45, 2.75) is 13.5 Å². The summed E-state index contributed by atoms with van der Waals surface area (Å²) < 4.78 is 12.8. The molecule has 0 bridgehead atoms. The van der Waals surface area contributed by atoms with Gasteiger partial charge in [0, 0.05) is 6.54 Å². The van der Waals surface area contributed by atoms with Crippen LogP contribution in [-0.2, 0) is 11.3 Å². The van der Waals surface area contributed by atoms with Crippen LogP contribution in [-0.4, -0.2) is 33.9 Å². The minimum absolute atomic E-state index is 0.00109. The van der Waals surface area contributed by atoms with Crippen molar-refractivity contribution in [2.75, 3.05) is 13.1 Å². The van der Waals surface area contributed by atoms with Crippen molar-refractivity contribution in [3.63, 3.8) is 0 Å². The van der Waals surface area contributed by atoms with Gasteiger partial charge in [-0.3, -0.25) is 9.69 Å². The summed E-state index contributed by atoms with van der Waals surface area (Å²) in [5.74, 6) is -0.277. The molecule has 1 aliphatic rings. The second-order valence-corrected chi connectivity index (χ2v) is 4.27. The highest BCUT2D eigenvalue weighted by atomic mass is 32.1. The van der Waals surface area contributed by atoms with E-state index in [0.29, 0.717) is 18.2 Å². The highest BCUT2D eigenvalue weighted by Crippen LogP contribution is 2.15. The first-order chi connectivity index (χ1) is 8.11. The Morgan fingerprint density at radius 2 is 2.00 bits per heavy atom. The van der Waals surface area contributed by atoms with Gasteiger partial charge in [-0.1, -0.05) is 12.1 Å². The molecule has 3 nitrogen and oxygen atoms in total. The summed E-state index contributed by atoms with van der Waals surface area (Å²) in [6, 6.07) is 6.10. The van der Waals surface area contributed by atoms with E-state index in [4.69, 9.17) is 12.2 Å². The quantitative estimate of drug-likeness (QED) is 0.766. The van der Waals surface area contributed by atoms with Gasteiger partial charge in [0.25, 0.3) is 0 Å². The number of hydrogen-bond donors (Lipinski definition) is 0. The van der Waals surface area contributed by atoms with Crippen LogP contribution in [0, 0.1) is 5.82 Å². The lowest BCUT2D eigenvalue weighted by molar-refractivity contribution is -0.125. The molecule has 0 spiro atoms. The van der Waals surface area contributed by atoms with Crippen LogP contribution >= 0.6 is 12.2 Å². The van der Waals surface area contributed by atoms with E-state index in [1.807, 2.05) is 11.8 Å². The first-order valence-electron chi connectivity index (χ1n) is 5.45. The first-order valence-corrected chi connectivity index (χ1v) is 5.86. The number of nitrogens with zero attached hydrogens (tertiary/aromatic N) is 2. The van der Waals surface area contributed by atoms with Crippen LogP contribution in [0.2, 0.25) is 0 Å². The number of carbonyl (C=O) groups is 1. The molecule has 0 radical (unpaired) electrons. The SMILES string of the molecule is CCN1CC(=O)N(Cc2ccc(F)cc2)C1=S. The third-order valence-electron chi connectivity index (χ3n) is 2.76. The fourth-order valence-corrected chi connectivity index (χ4v) is 2.13. The zero-order valence-electron chi connectivity index (χ0n) is 9.52. The number of hydrogen-bond acceptors (Lipinski definition) is 2. The van der Waals surface area contributed by atoms with Crippen molar-refractivity contribution < 1.29 is 9.18 Å². The van der Waals surface area contributed by atoms with Crippen molar-refractivity contribution in [1.29, 1.82) is 0 Å². The fraction of sp³-hybridized carbons (Fsp3) is 0.333. The minimum atomic E-state index is -0.278. The topological polar surface area (TPSA) is 23.6 Å². The van der Waals surface area contributed by atoms with Gasteiger partial charge in [0.15, 0.2) is 5.11 Å². The average molecular weight is 252 g/mol. The molecule has 0 aromatic heterocycles. The number of carbonyl (C=O) groups excluding carboxylic acids is 1. The molecule has 17 heavy (non-hydrogen) atoms. The molecule has 1 saturated heterocycles. The fourth-order valence-electron chi connectivity index (χ4n) is 1.77. The Morgan fingerprint density at radius 3 is 2.53 bits per heavy atom. The molecule has 1 aromatic rings. The average Bonchev–Trinajstić information content (AvgIpc) is 2.59. The monoisotopic (exact) mass is 252 g/mol. The molecule has 1 fully saturated rings. The summed E-state index contributed by atoms with van der Waals surface area (Å²) >= 11 is 5.22. The summed E-state index contributed by atoms with van der Waals surface area (Å²) in [5.41, 5.74) is 0.875. The van der Waals surface area contributed by atoms with E-state index in [0.717, 1.165) is 12.1 Å². The molecule has 5 heteroatoms. The summed E-state index contributed by atoms with van der Waals surface area (Å²) in [5, 5.41) is 0.557. The van der Waals surface area contributed by atoms with Crippen LogP contribution < -0.4 is 0 Å². The molecule has 2 rings (SSSR count). The Bertz CT molecular complexity index is 446. The lowest BCUT2D eigenvalue weighted by Gasteiger charge is -2.18. The standard InChI is InChI=1S/C12H13FN2OS/c1-2-14-8-11(16)15(12(14)17)7-9-3-5-10(13)6-4-9/h3-6H,2,7-8H2,1H3. The molecule has 0 aliphatic carbocycles. The second-order valence-electron chi connectivity index (χ2n) is 3.90. The highest BCUT2D eigenvalue weighted by molar-refractivity contribution is 7.80. The Hall–Kier alpha value is -1.49. The predicted octanol–water partition coefficient (Wildman–Crippen LogP) is 1.77. The van der Waals surface area contributed by atoms with Gasteiger partial charge in [-0.15, -0.1) is 0 Å². The van der Waals surface area contributed by atoms with Gasteiger partial charge < -0.3 is 4.90 Å². The number of halogens is 1. The highest BCUT2D eigenvalue weighted by Gasteiger charge is 2.31. The Morgan fingerprint density at radius 1 is 1.35 bits per heavy atom. The number of thiocarbonyl (C=S) groups is 1. The molecular weight excluding hydrogens is 239 g/mol. The van der Waals surface area contributed by atoms with E-state index in [-0.39, 0.29) is 11.7 Å². The van der Waals surface area contributed by atoms with Gasteiger partial charge in [-0.25, -0.2) is 4.39 Å². The zero-order chi connectivity index (χ0) is 12.4. The summed E-state index contributed by atoms with van der Waals surface area (Å²) in [4.78, 5) is 15.2. The molecule has 0 unspecified atom stereocenters. The van der Waals surface area contributed by atoms with Crippen LogP contribution in [0.1, 0.15) is 12.5 Å². The molecule has 1 heterocycles. The van der Waals surface area contributed by atoms with Crippen molar-refractivity contribution >= 4 is 23.2 Å². The van der Waals surface area contributed by atoms with E-state index in [1.165, 1.54) is 12.1 Å². The molecule has 90 valence electrons. The third kappa shape index (κ3) is 2.44. The molecule has 1 amide bonds. The van der Waals surface area contributed by atoms with E-state index in [1.54, 1.807) is 17.0 Å². The Kier molecular flexibility index (Phi) is 3.38. The molecule has 0 saturated carbocycles. The van der Waals surface area contributed by atoms with Crippen LogP contribution in [0.15, 0.2) is 24.3 Å². The van der Waals surface area contributed by atoms with Crippen molar-refractivity contribution in [2.24, 2.45) is 0 Å². The first kappa shape index (κ1) is 12.0. The van der Waals surface area contributed by atoms with E-state index < -0.39 is 0 Å².